The van der Waals surface area contributed by atoms with E-state index in [1.807, 2.05) is 20.8 Å². The molecule has 2 rings (SSSR count). The standard InChI is InChI=1S/C13H19NO3/c1-5-10(15)14-9-7-13(6-8(9)13)11(16)17-12(2,3)4/h5,8-9H,1,6-7H2,2-4H3,(H,14,15)/t8-,9-,13-/m0/s1. The summed E-state index contributed by atoms with van der Waals surface area (Å²) in [5.74, 6) is -0.0139. The van der Waals surface area contributed by atoms with E-state index in [9.17, 15) is 9.59 Å². The summed E-state index contributed by atoms with van der Waals surface area (Å²) in [5.41, 5.74) is -0.735. The number of esters is 1. The third kappa shape index (κ3) is 2.08. The van der Waals surface area contributed by atoms with Gasteiger partial charge in [-0.05, 0) is 45.6 Å². The van der Waals surface area contributed by atoms with Crippen LogP contribution in [0.4, 0.5) is 0 Å². The van der Waals surface area contributed by atoms with Gasteiger partial charge in [-0.2, -0.15) is 0 Å². The van der Waals surface area contributed by atoms with Gasteiger partial charge in [-0.3, -0.25) is 9.59 Å². The van der Waals surface area contributed by atoms with E-state index in [-0.39, 0.29) is 29.3 Å². The Kier molecular flexibility index (Phi) is 2.56. The lowest BCUT2D eigenvalue weighted by Gasteiger charge is -2.35. The summed E-state index contributed by atoms with van der Waals surface area (Å²) in [7, 11) is 0. The first-order valence-corrected chi connectivity index (χ1v) is 5.95. The number of rotatable bonds is 3. The van der Waals surface area contributed by atoms with Crippen LogP contribution in [-0.4, -0.2) is 23.5 Å². The van der Waals surface area contributed by atoms with Gasteiger partial charge >= 0.3 is 5.97 Å². The molecule has 4 nitrogen and oxygen atoms in total. The molecule has 0 saturated heterocycles. The zero-order chi connectivity index (χ0) is 12.8. The van der Waals surface area contributed by atoms with Crippen molar-refractivity contribution in [2.75, 3.05) is 0 Å². The van der Waals surface area contributed by atoms with Crippen molar-refractivity contribution in [3.05, 3.63) is 12.7 Å². The first-order chi connectivity index (χ1) is 7.78. The van der Waals surface area contributed by atoms with Crippen LogP contribution in [0.5, 0.6) is 0 Å². The highest BCUT2D eigenvalue weighted by Crippen LogP contribution is 2.68. The van der Waals surface area contributed by atoms with Crippen molar-refractivity contribution < 1.29 is 14.3 Å². The van der Waals surface area contributed by atoms with Gasteiger partial charge in [-0.25, -0.2) is 0 Å². The van der Waals surface area contributed by atoms with Crippen molar-refractivity contribution in [3.63, 3.8) is 0 Å². The van der Waals surface area contributed by atoms with Gasteiger partial charge in [-0.15, -0.1) is 0 Å². The molecule has 2 fully saturated rings. The molecule has 1 N–H and O–H groups in total. The number of amides is 1. The molecule has 17 heavy (non-hydrogen) atoms. The van der Waals surface area contributed by atoms with Gasteiger partial charge in [0.1, 0.15) is 5.60 Å². The second-order valence-electron chi connectivity index (χ2n) is 5.99. The number of carbonyl (C=O) groups excluding carboxylic acids is 2. The van der Waals surface area contributed by atoms with Crippen LogP contribution in [0, 0.1) is 11.3 Å². The minimum atomic E-state index is -0.436. The average Bonchev–Trinajstić information content (AvgIpc) is 2.79. The third-order valence-electron chi connectivity index (χ3n) is 3.52. The Labute approximate surface area is 101 Å². The van der Waals surface area contributed by atoms with Gasteiger partial charge in [0.25, 0.3) is 0 Å². The summed E-state index contributed by atoms with van der Waals surface area (Å²) in [6.45, 7) is 9.02. The topological polar surface area (TPSA) is 55.4 Å². The number of hydrogen-bond acceptors (Lipinski definition) is 3. The predicted octanol–water partition coefficient (Wildman–Crippen LogP) is 1.41. The molecule has 0 aromatic heterocycles. The van der Waals surface area contributed by atoms with E-state index < -0.39 is 5.60 Å². The van der Waals surface area contributed by atoms with E-state index in [1.54, 1.807) is 0 Å². The first-order valence-electron chi connectivity index (χ1n) is 5.95. The highest BCUT2D eigenvalue weighted by atomic mass is 16.6. The van der Waals surface area contributed by atoms with Gasteiger partial charge in [0.15, 0.2) is 0 Å². The molecule has 94 valence electrons. The Hall–Kier alpha value is -1.32. The summed E-state index contributed by atoms with van der Waals surface area (Å²) in [4.78, 5) is 23.1. The molecular formula is C13H19NO3. The molecule has 1 amide bonds. The zero-order valence-electron chi connectivity index (χ0n) is 10.6. The summed E-state index contributed by atoms with van der Waals surface area (Å²) < 4.78 is 5.39. The SMILES string of the molecule is C=CC(=O)N[C@H]1C[C@@]2(C(=O)OC(C)(C)C)C[C@@H]12. The van der Waals surface area contributed by atoms with Crippen LogP contribution in [0.3, 0.4) is 0 Å². The summed E-state index contributed by atoms with van der Waals surface area (Å²) >= 11 is 0. The molecule has 0 bridgehead atoms. The summed E-state index contributed by atoms with van der Waals surface area (Å²) in [5, 5.41) is 2.84. The largest absolute Gasteiger partial charge is 0.460 e. The van der Waals surface area contributed by atoms with Crippen molar-refractivity contribution >= 4 is 11.9 Å². The monoisotopic (exact) mass is 237 g/mol. The van der Waals surface area contributed by atoms with Crippen LogP contribution in [0.15, 0.2) is 12.7 Å². The maximum Gasteiger partial charge on any atom is 0.313 e. The number of nitrogens with one attached hydrogen (secondary N) is 1. The second kappa shape index (κ2) is 3.59. The van der Waals surface area contributed by atoms with Gasteiger partial charge in [0.05, 0.1) is 5.41 Å². The van der Waals surface area contributed by atoms with E-state index in [4.69, 9.17) is 4.74 Å². The molecule has 0 spiro atoms. The molecular weight excluding hydrogens is 218 g/mol. The molecule has 4 heteroatoms. The fraction of sp³-hybridized carbons (Fsp3) is 0.692. The molecule has 2 aliphatic carbocycles. The van der Waals surface area contributed by atoms with Crippen molar-refractivity contribution in [2.24, 2.45) is 11.3 Å². The molecule has 0 aromatic carbocycles. The van der Waals surface area contributed by atoms with Crippen LogP contribution >= 0.6 is 0 Å². The minimum Gasteiger partial charge on any atom is -0.460 e. The first kappa shape index (κ1) is 12.1. The Morgan fingerprint density at radius 1 is 1.41 bits per heavy atom. The molecule has 0 heterocycles. The lowest BCUT2D eigenvalue weighted by Crippen LogP contribution is -2.49. The van der Waals surface area contributed by atoms with Crippen LogP contribution in [0.25, 0.3) is 0 Å². The number of ether oxygens (including phenoxy) is 1. The highest BCUT2D eigenvalue weighted by Gasteiger charge is 2.73. The maximum absolute atomic E-state index is 12.0. The minimum absolute atomic E-state index is 0.112. The van der Waals surface area contributed by atoms with Crippen LogP contribution in [-0.2, 0) is 14.3 Å². The number of fused-ring (bicyclic) bond motifs is 1. The van der Waals surface area contributed by atoms with Crippen LogP contribution in [0.1, 0.15) is 33.6 Å². The Morgan fingerprint density at radius 2 is 2.06 bits per heavy atom. The normalized spacial score (nSPS) is 34.1. The van der Waals surface area contributed by atoms with Crippen LogP contribution < -0.4 is 5.32 Å². The van der Waals surface area contributed by atoms with E-state index in [1.165, 1.54) is 6.08 Å². The molecule has 0 aromatic rings. The zero-order valence-corrected chi connectivity index (χ0v) is 10.6. The number of carbonyl (C=O) groups is 2. The smallest absolute Gasteiger partial charge is 0.313 e. The second-order valence-corrected chi connectivity index (χ2v) is 5.99. The van der Waals surface area contributed by atoms with E-state index in [0.29, 0.717) is 6.42 Å². The molecule has 3 atom stereocenters. The Bertz CT molecular complexity index is 383. The summed E-state index contributed by atoms with van der Waals surface area (Å²) in [6.07, 6.45) is 2.80. The molecule has 2 saturated carbocycles. The lowest BCUT2D eigenvalue weighted by atomic mass is 9.79. The summed E-state index contributed by atoms with van der Waals surface area (Å²) in [6, 6.07) is 0.119. The predicted molar refractivity (Wildman–Crippen MR) is 63.1 cm³/mol. The average molecular weight is 237 g/mol. The van der Waals surface area contributed by atoms with E-state index >= 15 is 0 Å². The van der Waals surface area contributed by atoms with Crippen molar-refractivity contribution in [1.82, 2.24) is 5.32 Å². The lowest BCUT2D eigenvalue weighted by molar-refractivity contribution is -0.166. The maximum atomic E-state index is 12.0. The quantitative estimate of drug-likeness (QED) is 0.596. The highest BCUT2D eigenvalue weighted by molar-refractivity contribution is 5.89. The molecule has 0 unspecified atom stereocenters. The number of hydrogen-bond donors (Lipinski definition) is 1. The molecule has 0 aliphatic heterocycles. The fourth-order valence-electron chi connectivity index (χ4n) is 2.56. The van der Waals surface area contributed by atoms with Gasteiger partial charge in [0, 0.05) is 6.04 Å². The van der Waals surface area contributed by atoms with Crippen molar-refractivity contribution in [2.45, 2.75) is 45.3 Å². The van der Waals surface area contributed by atoms with E-state index in [0.717, 1.165) is 6.42 Å². The Balaban J connectivity index is 1.87. The van der Waals surface area contributed by atoms with Crippen LogP contribution in [0.2, 0.25) is 0 Å². The Morgan fingerprint density at radius 3 is 2.53 bits per heavy atom. The molecule has 0 radical (unpaired) electrons. The molecule has 2 aliphatic rings. The fourth-order valence-corrected chi connectivity index (χ4v) is 2.56. The van der Waals surface area contributed by atoms with Crippen molar-refractivity contribution in [1.29, 1.82) is 0 Å². The van der Waals surface area contributed by atoms with Gasteiger partial charge < -0.3 is 10.1 Å². The van der Waals surface area contributed by atoms with Crippen molar-refractivity contribution in [3.8, 4) is 0 Å². The van der Waals surface area contributed by atoms with Gasteiger partial charge in [-0.1, -0.05) is 6.58 Å². The van der Waals surface area contributed by atoms with Gasteiger partial charge in [0.2, 0.25) is 5.91 Å². The third-order valence-corrected chi connectivity index (χ3v) is 3.52. The van der Waals surface area contributed by atoms with E-state index in [2.05, 4.69) is 11.9 Å².